The normalized spacial score (nSPS) is 34.2. The highest BCUT2D eigenvalue weighted by molar-refractivity contribution is 4.80. The van der Waals surface area contributed by atoms with Crippen molar-refractivity contribution in [1.82, 2.24) is 10.6 Å². The maximum Gasteiger partial charge on any atom is 0.0628 e. The zero-order chi connectivity index (χ0) is 7.40. The summed E-state index contributed by atoms with van der Waals surface area (Å²) in [6.45, 7) is 5.07. The minimum atomic E-state index is 0.494. The van der Waals surface area contributed by atoms with Crippen molar-refractivity contribution in [2.45, 2.75) is 19.0 Å². The molecular weight excluding hydrogens is 128 g/mol. The molecule has 10 heavy (non-hydrogen) atoms. The molecule has 0 aromatic rings. The summed E-state index contributed by atoms with van der Waals surface area (Å²) in [5.41, 5.74) is 0. The number of ether oxygens (including phenoxy) is 1. The zero-order valence-corrected chi connectivity index (χ0v) is 6.68. The molecule has 1 aliphatic heterocycles. The van der Waals surface area contributed by atoms with Crippen LogP contribution in [0.15, 0.2) is 0 Å². The van der Waals surface area contributed by atoms with Crippen LogP contribution in [0.4, 0.5) is 0 Å². The van der Waals surface area contributed by atoms with Crippen molar-refractivity contribution in [3.63, 3.8) is 0 Å². The van der Waals surface area contributed by atoms with Crippen molar-refractivity contribution >= 4 is 0 Å². The summed E-state index contributed by atoms with van der Waals surface area (Å²) in [4.78, 5) is 0. The predicted octanol–water partition coefficient (Wildman–Crippen LogP) is -0.417. The smallest absolute Gasteiger partial charge is 0.0628 e. The third-order valence-electron chi connectivity index (χ3n) is 1.73. The molecule has 0 bridgehead atoms. The average Bonchev–Trinajstić information content (AvgIpc) is 1.88. The molecule has 0 aromatic heterocycles. The van der Waals surface area contributed by atoms with Crippen LogP contribution in [0.5, 0.6) is 0 Å². The summed E-state index contributed by atoms with van der Waals surface area (Å²) in [7, 11) is 1.74. The number of hydrogen-bond donors (Lipinski definition) is 2. The first-order valence-corrected chi connectivity index (χ1v) is 3.78. The van der Waals surface area contributed by atoms with Gasteiger partial charge in [-0.15, -0.1) is 0 Å². The molecule has 0 radical (unpaired) electrons. The Balaban J connectivity index is 2.18. The van der Waals surface area contributed by atoms with E-state index in [9.17, 15) is 0 Å². The molecule has 0 amide bonds. The van der Waals surface area contributed by atoms with E-state index >= 15 is 0 Å². The first kappa shape index (κ1) is 7.98. The van der Waals surface area contributed by atoms with Crippen LogP contribution in [-0.4, -0.2) is 38.9 Å². The van der Waals surface area contributed by atoms with Crippen LogP contribution >= 0.6 is 0 Å². The maximum atomic E-state index is 5.03. The fourth-order valence-corrected chi connectivity index (χ4v) is 1.30. The molecule has 2 N–H and O–H groups in total. The largest absolute Gasteiger partial charge is 0.383 e. The number of nitrogens with one attached hydrogen (secondary N) is 2. The Morgan fingerprint density at radius 3 is 2.90 bits per heavy atom. The van der Waals surface area contributed by atoms with E-state index < -0.39 is 0 Å². The van der Waals surface area contributed by atoms with Crippen molar-refractivity contribution in [3.05, 3.63) is 0 Å². The molecule has 3 nitrogen and oxygen atoms in total. The topological polar surface area (TPSA) is 33.3 Å². The molecule has 1 rings (SSSR count). The van der Waals surface area contributed by atoms with Gasteiger partial charge >= 0.3 is 0 Å². The summed E-state index contributed by atoms with van der Waals surface area (Å²) in [6.07, 6.45) is 0. The van der Waals surface area contributed by atoms with Crippen LogP contribution < -0.4 is 10.6 Å². The van der Waals surface area contributed by atoms with Gasteiger partial charge in [0, 0.05) is 32.3 Å². The van der Waals surface area contributed by atoms with Crippen LogP contribution in [0.3, 0.4) is 0 Å². The summed E-state index contributed by atoms with van der Waals surface area (Å²) in [5.74, 6) is 0. The van der Waals surface area contributed by atoms with Crippen LogP contribution in [0, 0.1) is 0 Å². The highest BCUT2D eigenvalue weighted by atomic mass is 16.5. The highest BCUT2D eigenvalue weighted by Gasteiger charge is 2.15. The first-order valence-electron chi connectivity index (χ1n) is 3.78. The van der Waals surface area contributed by atoms with Crippen LogP contribution in [0.25, 0.3) is 0 Å². The first-order chi connectivity index (χ1) is 4.83. The van der Waals surface area contributed by atoms with Gasteiger partial charge in [-0.25, -0.2) is 0 Å². The van der Waals surface area contributed by atoms with Gasteiger partial charge < -0.3 is 15.4 Å². The molecule has 0 spiro atoms. The number of methoxy groups -OCH3 is 1. The van der Waals surface area contributed by atoms with Gasteiger partial charge in [0.2, 0.25) is 0 Å². The third-order valence-corrected chi connectivity index (χ3v) is 1.73. The lowest BCUT2D eigenvalue weighted by Gasteiger charge is -2.28. The van der Waals surface area contributed by atoms with Crippen molar-refractivity contribution < 1.29 is 4.74 Å². The fourth-order valence-electron chi connectivity index (χ4n) is 1.30. The quantitative estimate of drug-likeness (QED) is 0.552. The molecule has 1 heterocycles. The molecule has 3 heteroatoms. The molecule has 1 saturated heterocycles. The van der Waals surface area contributed by atoms with Crippen molar-refractivity contribution in [2.24, 2.45) is 0 Å². The van der Waals surface area contributed by atoms with Gasteiger partial charge in [0.05, 0.1) is 6.61 Å². The number of piperazine rings is 1. The van der Waals surface area contributed by atoms with E-state index in [4.69, 9.17) is 4.74 Å². The van der Waals surface area contributed by atoms with E-state index in [1.165, 1.54) is 0 Å². The molecule has 60 valence electrons. The monoisotopic (exact) mass is 144 g/mol. The Morgan fingerprint density at radius 1 is 1.50 bits per heavy atom. The lowest BCUT2D eigenvalue weighted by Crippen LogP contribution is -2.55. The Morgan fingerprint density at radius 2 is 2.30 bits per heavy atom. The fraction of sp³-hybridized carbons (Fsp3) is 1.00. The van der Waals surface area contributed by atoms with E-state index in [0.717, 1.165) is 19.7 Å². The van der Waals surface area contributed by atoms with Gasteiger partial charge in [0.15, 0.2) is 0 Å². The van der Waals surface area contributed by atoms with E-state index in [1.54, 1.807) is 7.11 Å². The number of rotatable bonds is 2. The predicted molar refractivity (Wildman–Crippen MR) is 41.1 cm³/mol. The summed E-state index contributed by atoms with van der Waals surface area (Å²) in [5, 5.41) is 6.76. The minimum absolute atomic E-state index is 0.494. The maximum absolute atomic E-state index is 5.03. The van der Waals surface area contributed by atoms with E-state index in [-0.39, 0.29) is 0 Å². The second-order valence-corrected chi connectivity index (χ2v) is 2.88. The molecule has 1 fully saturated rings. The third kappa shape index (κ3) is 2.25. The van der Waals surface area contributed by atoms with Crippen molar-refractivity contribution in [3.8, 4) is 0 Å². The molecule has 0 aliphatic carbocycles. The Labute approximate surface area is 62.1 Å². The van der Waals surface area contributed by atoms with E-state index in [1.807, 2.05) is 0 Å². The van der Waals surface area contributed by atoms with Crippen LogP contribution in [0.2, 0.25) is 0 Å². The van der Waals surface area contributed by atoms with Gasteiger partial charge in [0.25, 0.3) is 0 Å². The molecular formula is C7H16N2O. The molecule has 0 aromatic carbocycles. The SMILES string of the molecule is COC[C@@H]1CNCC(C)N1. The molecule has 2 atom stereocenters. The van der Waals surface area contributed by atoms with Gasteiger partial charge in [-0.1, -0.05) is 0 Å². The van der Waals surface area contributed by atoms with E-state index in [0.29, 0.717) is 12.1 Å². The Hall–Kier alpha value is -0.120. The van der Waals surface area contributed by atoms with Crippen molar-refractivity contribution in [1.29, 1.82) is 0 Å². The van der Waals surface area contributed by atoms with Crippen LogP contribution in [0.1, 0.15) is 6.92 Å². The standard InChI is InChI=1S/C7H16N2O/c1-6-3-8-4-7(9-6)5-10-2/h6-9H,3-5H2,1-2H3/t6?,7-/m0/s1. The van der Waals surface area contributed by atoms with Gasteiger partial charge in [-0.05, 0) is 6.92 Å². The molecule has 1 aliphatic rings. The lowest BCUT2D eigenvalue weighted by atomic mass is 10.2. The lowest BCUT2D eigenvalue weighted by molar-refractivity contribution is 0.150. The van der Waals surface area contributed by atoms with Gasteiger partial charge in [-0.3, -0.25) is 0 Å². The second kappa shape index (κ2) is 3.91. The molecule has 1 unspecified atom stereocenters. The second-order valence-electron chi connectivity index (χ2n) is 2.88. The summed E-state index contributed by atoms with van der Waals surface area (Å²) in [6, 6.07) is 1.07. The summed E-state index contributed by atoms with van der Waals surface area (Å²) < 4.78 is 5.03. The van der Waals surface area contributed by atoms with Gasteiger partial charge in [0.1, 0.15) is 0 Å². The minimum Gasteiger partial charge on any atom is -0.383 e. The Kier molecular flexibility index (Phi) is 3.12. The van der Waals surface area contributed by atoms with Crippen LogP contribution in [-0.2, 0) is 4.74 Å². The van der Waals surface area contributed by atoms with Crippen molar-refractivity contribution in [2.75, 3.05) is 26.8 Å². The van der Waals surface area contributed by atoms with Gasteiger partial charge in [-0.2, -0.15) is 0 Å². The highest BCUT2D eigenvalue weighted by Crippen LogP contribution is 1.92. The number of hydrogen-bond acceptors (Lipinski definition) is 3. The molecule has 0 saturated carbocycles. The Bertz CT molecular complexity index is 95.6. The zero-order valence-electron chi connectivity index (χ0n) is 6.68. The summed E-state index contributed by atoms with van der Waals surface area (Å²) >= 11 is 0. The van der Waals surface area contributed by atoms with E-state index in [2.05, 4.69) is 17.6 Å². The average molecular weight is 144 g/mol.